The summed E-state index contributed by atoms with van der Waals surface area (Å²) in [6.07, 6.45) is 4.79. The molecule has 122 valence electrons. The predicted octanol–water partition coefficient (Wildman–Crippen LogP) is 5.16. The summed E-state index contributed by atoms with van der Waals surface area (Å²) in [5.74, 6) is 0. The third-order valence-corrected chi connectivity index (χ3v) is 6.29. The summed E-state index contributed by atoms with van der Waals surface area (Å²) in [6, 6.07) is 16.0. The Morgan fingerprint density at radius 2 is 1.96 bits per heavy atom. The number of nitrogens with one attached hydrogen (secondary N) is 1. The SMILES string of the molecule is Cl.Clc1ccc(CC23CCNC2CCc2cc(I)ccc23)cc1. The van der Waals surface area contributed by atoms with Crippen molar-refractivity contribution in [2.24, 2.45) is 0 Å². The summed E-state index contributed by atoms with van der Waals surface area (Å²) in [5, 5.41) is 4.58. The maximum Gasteiger partial charge on any atom is 0.0406 e. The average Bonchev–Trinajstić information content (AvgIpc) is 2.93. The molecule has 2 unspecified atom stereocenters. The van der Waals surface area contributed by atoms with E-state index in [9.17, 15) is 0 Å². The van der Waals surface area contributed by atoms with Gasteiger partial charge in [0.25, 0.3) is 0 Å². The molecule has 2 atom stereocenters. The van der Waals surface area contributed by atoms with Crippen molar-refractivity contribution in [3.05, 3.63) is 67.7 Å². The summed E-state index contributed by atoms with van der Waals surface area (Å²) in [6.45, 7) is 1.13. The molecule has 1 N–H and O–H groups in total. The van der Waals surface area contributed by atoms with E-state index in [0.717, 1.165) is 18.0 Å². The minimum atomic E-state index is 0. The van der Waals surface area contributed by atoms with Crippen molar-refractivity contribution in [3.8, 4) is 0 Å². The highest BCUT2D eigenvalue weighted by molar-refractivity contribution is 14.1. The van der Waals surface area contributed by atoms with Gasteiger partial charge in [0.2, 0.25) is 0 Å². The van der Waals surface area contributed by atoms with Crippen molar-refractivity contribution in [1.29, 1.82) is 0 Å². The molecule has 1 heterocycles. The first-order valence-electron chi connectivity index (χ1n) is 7.94. The van der Waals surface area contributed by atoms with Crippen molar-refractivity contribution in [2.45, 2.75) is 37.1 Å². The van der Waals surface area contributed by atoms with Crippen molar-refractivity contribution in [2.75, 3.05) is 6.54 Å². The molecule has 0 spiro atoms. The molecule has 2 aromatic rings. The minimum Gasteiger partial charge on any atom is -0.313 e. The van der Waals surface area contributed by atoms with Crippen LogP contribution in [0.4, 0.5) is 0 Å². The molecule has 2 aromatic carbocycles. The normalized spacial score (nSPS) is 25.4. The van der Waals surface area contributed by atoms with E-state index in [1.807, 2.05) is 12.1 Å². The maximum atomic E-state index is 6.05. The quantitative estimate of drug-likeness (QED) is 0.612. The molecule has 1 saturated heterocycles. The van der Waals surface area contributed by atoms with Gasteiger partial charge in [-0.1, -0.05) is 29.8 Å². The molecule has 4 rings (SSSR count). The third-order valence-electron chi connectivity index (χ3n) is 5.37. The van der Waals surface area contributed by atoms with E-state index in [1.165, 1.54) is 28.4 Å². The largest absolute Gasteiger partial charge is 0.313 e. The molecule has 4 heteroatoms. The Bertz CT molecular complexity index is 701. The third kappa shape index (κ3) is 3.15. The Morgan fingerprint density at radius 3 is 2.74 bits per heavy atom. The van der Waals surface area contributed by atoms with Gasteiger partial charge in [0.15, 0.2) is 0 Å². The molecule has 2 aliphatic rings. The Morgan fingerprint density at radius 1 is 1.17 bits per heavy atom. The summed E-state index contributed by atoms with van der Waals surface area (Å²) < 4.78 is 1.35. The van der Waals surface area contributed by atoms with Crippen molar-refractivity contribution < 1.29 is 0 Å². The molecule has 0 saturated carbocycles. The van der Waals surface area contributed by atoms with Crippen molar-refractivity contribution in [1.82, 2.24) is 5.32 Å². The van der Waals surface area contributed by atoms with E-state index in [-0.39, 0.29) is 17.8 Å². The topological polar surface area (TPSA) is 12.0 Å². The van der Waals surface area contributed by atoms with Gasteiger partial charge in [-0.2, -0.15) is 0 Å². The Kier molecular flexibility index (Phi) is 5.27. The summed E-state index contributed by atoms with van der Waals surface area (Å²) in [5.41, 5.74) is 4.78. The number of hydrogen-bond donors (Lipinski definition) is 1. The first-order valence-corrected chi connectivity index (χ1v) is 9.40. The molecule has 1 fully saturated rings. The number of benzene rings is 2. The monoisotopic (exact) mass is 459 g/mol. The van der Waals surface area contributed by atoms with Crippen LogP contribution in [-0.4, -0.2) is 12.6 Å². The van der Waals surface area contributed by atoms with Crippen LogP contribution in [0.5, 0.6) is 0 Å². The van der Waals surface area contributed by atoms with E-state index in [4.69, 9.17) is 11.6 Å². The fourth-order valence-corrected chi connectivity index (χ4v) is 5.05. The van der Waals surface area contributed by atoms with Gasteiger partial charge in [0.05, 0.1) is 0 Å². The van der Waals surface area contributed by atoms with Crippen LogP contribution < -0.4 is 5.32 Å². The lowest BCUT2D eigenvalue weighted by Gasteiger charge is -2.41. The molecule has 0 aromatic heterocycles. The molecule has 1 aliphatic carbocycles. The number of hydrogen-bond acceptors (Lipinski definition) is 1. The van der Waals surface area contributed by atoms with Crippen LogP contribution in [0.3, 0.4) is 0 Å². The van der Waals surface area contributed by atoms with Gasteiger partial charge < -0.3 is 5.32 Å². The van der Waals surface area contributed by atoms with Crippen LogP contribution in [0, 0.1) is 3.57 Å². The zero-order valence-electron chi connectivity index (χ0n) is 12.8. The average molecular weight is 460 g/mol. The fraction of sp³-hybridized carbons (Fsp3) is 0.368. The van der Waals surface area contributed by atoms with E-state index in [0.29, 0.717) is 6.04 Å². The van der Waals surface area contributed by atoms with Gasteiger partial charge in [-0.3, -0.25) is 0 Å². The summed E-state index contributed by atoms with van der Waals surface area (Å²) in [4.78, 5) is 0. The Hall–Kier alpha value is -0.290. The minimum absolute atomic E-state index is 0. The van der Waals surface area contributed by atoms with E-state index < -0.39 is 0 Å². The van der Waals surface area contributed by atoms with Crippen LogP contribution in [0.1, 0.15) is 29.5 Å². The number of rotatable bonds is 2. The van der Waals surface area contributed by atoms with E-state index in [1.54, 1.807) is 11.1 Å². The van der Waals surface area contributed by atoms with Gasteiger partial charge in [-0.05, 0) is 95.8 Å². The zero-order valence-corrected chi connectivity index (χ0v) is 16.5. The molecular formula is C19H20Cl2IN. The Labute approximate surface area is 162 Å². The summed E-state index contributed by atoms with van der Waals surface area (Å²) in [7, 11) is 0. The molecule has 0 radical (unpaired) electrons. The molecular weight excluding hydrogens is 440 g/mol. The zero-order chi connectivity index (χ0) is 15.2. The fourth-order valence-electron chi connectivity index (χ4n) is 4.37. The van der Waals surface area contributed by atoms with Crippen LogP contribution in [0.15, 0.2) is 42.5 Å². The van der Waals surface area contributed by atoms with Gasteiger partial charge in [0.1, 0.15) is 0 Å². The number of halogens is 3. The lowest BCUT2D eigenvalue weighted by molar-refractivity contribution is 0.326. The molecule has 23 heavy (non-hydrogen) atoms. The lowest BCUT2D eigenvalue weighted by atomic mass is 9.64. The predicted molar refractivity (Wildman–Crippen MR) is 108 cm³/mol. The maximum absolute atomic E-state index is 6.05. The van der Waals surface area contributed by atoms with Crippen molar-refractivity contribution >= 4 is 46.6 Å². The van der Waals surface area contributed by atoms with Crippen LogP contribution in [0.25, 0.3) is 0 Å². The second-order valence-corrected chi connectivity index (χ2v) is 8.24. The highest BCUT2D eigenvalue weighted by atomic mass is 127. The number of aryl methyl sites for hydroxylation is 1. The first kappa shape index (κ1) is 17.5. The van der Waals surface area contributed by atoms with Crippen LogP contribution >= 0.6 is 46.6 Å². The van der Waals surface area contributed by atoms with Crippen molar-refractivity contribution in [3.63, 3.8) is 0 Å². The van der Waals surface area contributed by atoms with E-state index in [2.05, 4.69) is 58.2 Å². The molecule has 0 bridgehead atoms. The highest BCUT2D eigenvalue weighted by Crippen LogP contribution is 2.45. The molecule has 0 amide bonds. The van der Waals surface area contributed by atoms with Crippen LogP contribution in [0.2, 0.25) is 5.02 Å². The highest BCUT2D eigenvalue weighted by Gasteiger charge is 2.47. The van der Waals surface area contributed by atoms with Gasteiger partial charge >= 0.3 is 0 Å². The smallest absolute Gasteiger partial charge is 0.0406 e. The van der Waals surface area contributed by atoms with Gasteiger partial charge in [0, 0.05) is 20.0 Å². The van der Waals surface area contributed by atoms with Gasteiger partial charge in [-0.25, -0.2) is 0 Å². The standard InChI is InChI=1S/C19H19ClIN.ClH/c20-15-4-1-13(2-5-15)12-19-9-10-22-18(19)8-3-14-11-16(21)6-7-17(14)19;/h1-2,4-7,11,18,22H,3,8-10,12H2;1H. The second kappa shape index (κ2) is 6.91. The lowest BCUT2D eigenvalue weighted by Crippen LogP contribution is -2.45. The van der Waals surface area contributed by atoms with Gasteiger partial charge in [-0.15, -0.1) is 12.4 Å². The Balaban J connectivity index is 0.00000156. The molecule has 1 nitrogen and oxygen atoms in total. The summed E-state index contributed by atoms with van der Waals surface area (Å²) >= 11 is 8.48. The number of fused-ring (bicyclic) bond motifs is 3. The molecule has 1 aliphatic heterocycles. The van der Waals surface area contributed by atoms with E-state index >= 15 is 0 Å². The second-order valence-electron chi connectivity index (χ2n) is 6.56. The van der Waals surface area contributed by atoms with Crippen LogP contribution in [-0.2, 0) is 18.3 Å². The first-order chi connectivity index (χ1) is 10.7.